The number of amides is 1. The number of aliphatic hydroxyl groups excluding tert-OH is 1. The van der Waals surface area contributed by atoms with Gasteiger partial charge in [0.05, 0.1) is 17.7 Å². The lowest BCUT2D eigenvalue weighted by Gasteiger charge is -2.39. The molecule has 0 radical (unpaired) electrons. The maximum Gasteiger partial charge on any atom is 0.247 e. The Labute approximate surface area is 124 Å². The Bertz CT molecular complexity index is 490. The van der Waals surface area contributed by atoms with Crippen LogP contribution in [0.15, 0.2) is 24.3 Å². The molecule has 0 bridgehead atoms. The van der Waals surface area contributed by atoms with Gasteiger partial charge in [-0.3, -0.25) is 4.79 Å². The van der Waals surface area contributed by atoms with Crippen LogP contribution in [0.1, 0.15) is 13.8 Å². The molecule has 0 spiro atoms. The minimum Gasteiger partial charge on any atom is -0.393 e. The predicted molar refractivity (Wildman–Crippen MR) is 79.2 cm³/mol. The first-order valence-electron chi connectivity index (χ1n) is 7.24. The molecule has 5 nitrogen and oxygen atoms in total. The maximum atomic E-state index is 14.1. The molecule has 6 heteroatoms. The Morgan fingerprint density at radius 1 is 1.33 bits per heavy atom. The van der Waals surface area contributed by atoms with Crippen LogP contribution in [0, 0.1) is 11.7 Å². The summed E-state index contributed by atoms with van der Waals surface area (Å²) in [6.07, 6.45) is -0.783. The third-order valence-electron chi connectivity index (χ3n) is 3.78. The molecule has 1 aromatic carbocycles. The zero-order valence-electron chi connectivity index (χ0n) is 12.4. The van der Waals surface area contributed by atoms with Crippen molar-refractivity contribution in [3.63, 3.8) is 0 Å². The fraction of sp³-hybridized carbons (Fsp3) is 0.533. The number of nitrogens with zero attached hydrogens (tertiary/aromatic N) is 2. The summed E-state index contributed by atoms with van der Waals surface area (Å²) in [6, 6.07) is 6.22. The number of piperazine rings is 1. The molecule has 1 aromatic rings. The quantitative estimate of drug-likeness (QED) is 0.870. The highest BCUT2D eigenvalue weighted by molar-refractivity contribution is 5.94. The summed E-state index contributed by atoms with van der Waals surface area (Å²) in [5, 5.41) is 16.1. The molecule has 2 rings (SSSR count). The zero-order valence-corrected chi connectivity index (χ0v) is 12.4. The molecular formula is C15H22FN3O2. The van der Waals surface area contributed by atoms with Crippen LogP contribution in [-0.2, 0) is 4.79 Å². The number of rotatable bonds is 4. The first kappa shape index (κ1) is 15.9. The average Bonchev–Trinajstić information content (AvgIpc) is 2.49. The van der Waals surface area contributed by atoms with Crippen molar-refractivity contribution in [3.8, 4) is 0 Å². The molecule has 2 unspecified atom stereocenters. The van der Waals surface area contributed by atoms with Gasteiger partial charge in [0.15, 0.2) is 0 Å². The van der Waals surface area contributed by atoms with Crippen molar-refractivity contribution >= 4 is 11.6 Å². The fourth-order valence-corrected chi connectivity index (χ4v) is 2.29. The highest BCUT2D eigenvalue weighted by Gasteiger charge is 2.31. The number of hydrazine groups is 1. The van der Waals surface area contributed by atoms with Gasteiger partial charge in [-0.15, -0.1) is 0 Å². The van der Waals surface area contributed by atoms with E-state index in [1.807, 2.05) is 5.01 Å². The summed E-state index contributed by atoms with van der Waals surface area (Å²) in [5.41, 5.74) is 0.233. The maximum absolute atomic E-state index is 14.1. The van der Waals surface area contributed by atoms with Crippen molar-refractivity contribution in [2.24, 2.45) is 5.92 Å². The van der Waals surface area contributed by atoms with E-state index in [4.69, 9.17) is 0 Å². The number of para-hydroxylation sites is 1. The SMILES string of the molecule is CC(O)C(C)C(=O)N(c1ccccc1F)N1CCNCC1. The van der Waals surface area contributed by atoms with E-state index in [2.05, 4.69) is 5.32 Å². The number of carbonyl (C=O) groups excluding carboxylic acids is 1. The Balaban J connectivity index is 2.34. The summed E-state index contributed by atoms with van der Waals surface area (Å²) >= 11 is 0. The van der Waals surface area contributed by atoms with E-state index < -0.39 is 17.8 Å². The molecule has 1 aliphatic rings. The lowest BCUT2D eigenvalue weighted by Crippen LogP contribution is -2.57. The molecule has 2 N–H and O–H groups in total. The van der Waals surface area contributed by atoms with E-state index in [1.165, 1.54) is 11.1 Å². The van der Waals surface area contributed by atoms with E-state index in [0.29, 0.717) is 13.1 Å². The van der Waals surface area contributed by atoms with Crippen LogP contribution in [0.2, 0.25) is 0 Å². The van der Waals surface area contributed by atoms with Gasteiger partial charge >= 0.3 is 0 Å². The summed E-state index contributed by atoms with van der Waals surface area (Å²) in [6.45, 7) is 5.94. The van der Waals surface area contributed by atoms with E-state index in [-0.39, 0.29) is 11.6 Å². The van der Waals surface area contributed by atoms with Gasteiger partial charge in [0.1, 0.15) is 5.82 Å². The third kappa shape index (κ3) is 3.58. The Hall–Kier alpha value is -1.50. The first-order chi connectivity index (χ1) is 10.0. The summed E-state index contributed by atoms with van der Waals surface area (Å²) in [4.78, 5) is 12.7. The van der Waals surface area contributed by atoms with Crippen molar-refractivity contribution in [3.05, 3.63) is 30.1 Å². The molecule has 0 aliphatic carbocycles. The predicted octanol–water partition coefficient (Wildman–Crippen LogP) is 0.996. The van der Waals surface area contributed by atoms with Crippen molar-refractivity contribution in [1.29, 1.82) is 0 Å². The summed E-state index contributed by atoms with van der Waals surface area (Å²) in [5.74, 6) is -1.33. The number of hydrogen-bond donors (Lipinski definition) is 2. The van der Waals surface area contributed by atoms with Crippen LogP contribution in [0.25, 0.3) is 0 Å². The molecule has 1 amide bonds. The molecule has 0 aromatic heterocycles. The van der Waals surface area contributed by atoms with E-state index in [9.17, 15) is 14.3 Å². The number of halogens is 1. The normalized spacial score (nSPS) is 19.0. The summed E-state index contributed by atoms with van der Waals surface area (Å²) in [7, 11) is 0. The second-order valence-corrected chi connectivity index (χ2v) is 5.33. The molecule has 2 atom stereocenters. The van der Waals surface area contributed by atoms with Gasteiger partial charge in [0.2, 0.25) is 5.91 Å². The number of carbonyl (C=O) groups is 1. The van der Waals surface area contributed by atoms with Crippen molar-refractivity contribution in [2.45, 2.75) is 20.0 Å². The average molecular weight is 295 g/mol. The second kappa shape index (κ2) is 6.98. The topological polar surface area (TPSA) is 55.8 Å². The smallest absolute Gasteiger partial charge is 0.247 e. The monoisotopic (exact) mass is 295 g/mol. The van der Waals surface area contributed by atoms with Crippen LogP contribution < -0.4 is 10.3 Å². The number of anilines is 1. The minimum absolute atomic E-state index is 0.233. The Kier molecular flexibility index (Phi) is 5.27. The van der Waals surface area contributed by atoms with Crippen LogP contribution in [0.4, 0.5) is 10.1 Å². The third-order valence-corrected chi connectivity index (χ3v) is 3.78. The standard InChI is InChI=1S/C15H22FN3O2/c1-11(12(2)20)15(21)19(18-9-7-17-8-10-18)14-6-4-3-5-13(14)16/h3-6,11-12,17,20H,7-10H2,1-2H3. The van der Waals surface area contributed by atoms with Gasteiger partial charge in [-0.2, -0.15) is 0 Å². The van der Waals surface area contributed by atoms with Crippen molar-refractivity contribution in [1.82, 2.24) is 10.3 Å². The van der Waals surface area contributed by atoms with Gasteiger partial charge in [0.25, 0.3) is 0 Å². The van der Waals surface area contributed by atoms with E-state index >= 15 is 0 Å². The molecular weight excluding hydrogens is 273 g/mol. The largest absolute Gasteiger partial charge is 0.393 e. The van der Waals surface area contributed by atoms with Gasteiger partial charge in [-0.25, -0.2) is 14.4 Å². The lowest BCUT2D eigenvalue weighted by atomic mass is 10.1. The fourth-order valence-electron chi connectivity index (χ4n) is 2.29. The van der Waals surface area contributed by atoms with Gasteiger partial charge < -0.3 is 10.4 Å². The second-order valence-electron chi connectivity index (χ2n) is 5.33. The lowest BCUT2D eigenvalue weighted by molar-refractivity contribution is -0.128. The highest BCUT2D eigenvalue weighted by atomic mass is 19.1. The van der Waals surface area contributed by atoms with Crippen LogP contribution in [0.3, 0.4) is 0 Å². The molecule has 1 aliphatic heterocycles. The first-order valence-corrected chi connectivity index (χ1v) is 7.24. The van der Waals surface area contributed by atoms with E-state index in [1.54, 1.807) is 32.0 Å². The van der Waals surface area contributed by atoms with Gasteiger partial charge in [-0.1, -0.05) is 19.1 Å². The number of nitrogens with one attached hydrogen (secondary N) is 1. The van der Waals surface area contributed by atoms with Crippen molar-refractivity contribution in [2.75, 3.05) is 31.2 Å². The molecule has 1 fully saturated rings. The molecule has 116 valence electrons. The number of benzene rings is 1. The van der Waals surface area contributed by atoms with E-state index in [0.717, 1.165) is 13.1 Å². The minimum atomic E-state index is -0.783. The number of hydrogen-bond acceptors (Lipinski definition) is 4. The molecule has 1 saturated heterocycles. The highest BCUT2D eigenvalue weighted by Crippen LogP contribution is 2.24. The Morgan fingerprint density at radius 2 is 1.95 bits per heavy atom. The van der Waals surface area contributed by atoms with Gasteiger partial charge in [-0.05, 0) is 19.1 Å². The zero-order chi connectivity index (χ0) is 15.4. The van der Waals surface area contributed by atoms with Crippen LogP contribution in [0.5, 0.6) is 0 Å². The molecule has 1 heterocycles. The van der Waals surface area contributed by atoms with Gasteiger partial charge in [0, 0.05) is 26.2 Å². The van der Waals surface area contributed by atoms with Crippen LogP contribution in [-0.4, -0.2) is 48.3 Å². The Morgan fingerprint density at radius 3 is 2.52 bits per heavy atom. The summed E-state index contributed by atoms with van der Waals surface area (Å²) < 4.78 is 14.1. The number of aliphatic hydroxyl groups is 1. The van der Waals surface area contributed by atoms with Crippen molar-refractivity contribution < 1.29 is 14.3 Å². The molecule has 0 saturated carbocycles. The molecule has 21 heavy (non-hydrogen) atoms. The van der Waals surface area contributed by atoms with Crippen LogP contribution >= 0.6 is 0 Å².